The average Bonchev–Trinajstić information content (AvgIpc) is 3.53. The van der Waals surface area contributed by atoms with Gasteiger partial charge in [0.15, 0.2) is 0 Å². The number of hydrogen-bond donors (Lipinski definition) is 1. The average molecular weight is 438 g/mol. The first-order valence-electron chi connectivity index (χ1n) is 11.2. The molecule has 4 heterocycles. The summed E-state index contributed by atoms with van der Waals surface area (Å²) in [5.74, 6) is 0. The number of aromatic amines is 1. The van der Waals surface area contributed by atoms with Gasteiger partial charge in [0, 0.05) is 51.8 Å². The molecular weight excluding hydrogens is 414 g/mol. The van der Waals surface area contributed by atoms with E-state index in [2.05, 4.69) is 63.6 Å². The Balaban J connectivity index is 1.19. The molecule has 7 rings (SSSR count). The Morgan fingerprint density at radius 3 is 2.69 bits per heavy atom. The van der Waals surface area contributed by atoms with Crippen molar-refractivity contribution in [2.24, 2.45) is 7.05 Å². The number of thiophene rings is 1. The molecule has 0 amide bonds. The lowest BCUT2D eigenvalue weighted by molar-refractivity contribution is 0.172. The molecule has 5 aromatic rings. The molecule has 1 aliphatic heterocycles. The first-order chi connectivity index (χ1) is 15.7. The molecule has 158 valence electrons. The second kappa shape index (κ2) is 6.89. The van der Waals surface area contributed by atoms with Crippen LogP contribution in [0.4, 0.5) is 0 Å². The first kappa shape index (κ1) is 18.4. The lowest BCUT2D eigenvalue weighted by Crippen LogP contribution is -2.36. The molecule has 0 unspecified atom stereocenters. The number of aromatic nitrogens is 4. The van der Waals surface area contributed by atoms with Gasteiger partial charge in [-0.1, -0.05) is 36.4 Å². The van der Waals surface area contributed by atoms with Gasteiger partial charge >= 0.3 is 0 Å². The summed E-state index contributed by atoms with van der Waals surface area (Å²) in [7, 11) is 1.98. The second-order valence-corrected chi connectivity index (χ2v) is 10.1. The molecule has 3 aromatic heterocycles. The van der Waals surface area contributed by atoms with Crippen molar-refractivity contribution in [2.45, 2.75) is 19.4 Å². The van der Waals surface area contributed by atoms with Crippen molar-refractivity contribution in [2.75, 3.05) is 13.1 Å². The maximum Gasteiger partial charge on any atom is 0.0963 e. The summed E-state index contributed by atoms with van der Waals surface area (Å²) in [6.07, 6.45) is 4.19. The van der Waals surface area contributed by atoms with Gasteiger partial charge in [0.25, 0.3) is 0 Å². The summed E-state index contributed by atoms with van der Waals surface area (Å²) >= 11 is 1.91. The second-order valence-electron chi connectivity index (χ2n) is 8.92. The predicted octanol–water partition coefficient (Wildman–Crippen LogP) is 5.47. The van der Waals surface area contributed by atoms with E-state index in [9.17, 15) is 0 Å². The normalized spacial score (nSPS) is 15.2. The Morgan fingerprint density at radius 2 is 1.88 bits per heavy atom. The molecule has 0 bridgehead atoms. The Morgan fingerprint density at radius 1 is 1.03 bits per heavy atom. The molecule has 0 saturated carbocycles. The first-order valence-corrected chi connectivity index (χ1v) is 12.0. The van der Waals surface area contributed by atoms with Crippen molar-refractivity contribution in [1.29, 1.82) is 0 Å². The summed E-state index contributed by atoms with van der Waals surface area (Å²) in [5.41, 5.74) is 9.84. The molecule has 0 spiro atoms. The van der Waals surface area contributed by atoms with Gasteiger partial charge in [0.2, 0.25) is 0 Å². The summed E-state index contributed by atoms with van der Waals surface area (Å²) in [6.45, 7) is 3.56. The van der Waals surface area contributed by atoms with Crippen LogP contribution in [0.2, 0.25) is 0 Å². The fourth-order valence-electron chi connectivity index (χ4n) is 4.94. The molecule has 2 aromatic carbocycles. The minimum Gasteiger partial charge on any atom is -0.299 e. The smallest absolute Gasteiger partial charge is 0.0963 e. The van der Waals surface area contributed by atoms with Crippen LogP contribution >= 0.6 is 11.3 Å². The Hall–Kier alpha value is -3.22. The summed E-state index contributed by atoms with van der Waals surface area (Å²) in [5, 5.41) is 13.6. The van der Waals surface area contributed by atoms with Gasteiger partial charge in [-0.15, -0.1) is 11.3 Å². The minimum absolute atomic E-state index is 0.942. The van der Waals surface area contributed by atoms with Gasteiger partial charge in [-0.05, 0) is 42.8 Å². The van der Waals surface area contributed by atoms with E-state index >= 15 is 0 Å². The Kier molecular flexibility index (Phi) is 3.95. The summed E-state index contributed by atoms with van der Waals surface area (Å²) < 4.78 is 1.92. The fraction of sp³-hybridized carbons (Fsp3) is 0.231. The van der Waals surface area contributed by atoms with Crippen LogP contribution in [0.25, 0.3) is 43.9 Å². The topological polar surface area (TPSA) is 49.7 Å². The number of fused-ring (bicyclic) bond motifs is 4. The van der Waals surface area contributed by atoms with Gasteiger partial charge in [-0.2, -0.15) is 10.2 Å². The number of benzene rings is 2. The standard InChI is InChI=1S/C26H23N5S/c1-30-22-11-18(7-8-19(22)14-27-30)25-21-13-24-20(26(21)29-28-25)12-23(32-24)17-5-3-16(4-6-17)15-31-9-2-10-31/h3-8,11-12,14H,2,9-10,13,15H2,1H3,(H,28,29). The highest BCUT2D eigenvalue weighted by Crippen LogP contribution is 2.46. The third kappa shape index (κ3) is 2.80. The number of aryl methyl sites for hydroxylation is 1. The van der Waals surface area contributed by atoms with Crippen molar-refractivity contribution in [3.05, 3.63) is 70.7 Å². The summed E-state index contributed by atoms with van der Waals surface area (Å²) in [6, 6.07) is 17.9. The van der Waals surface area contributed by atoms with E-state index in [1.165, 1.54) is 57.2 Å². The van der Waals surface area contributed by atoms with E-state index in [0.29, 0.717) is 0 Å². The van der Waals surface area contributed by atoms with Crippen molar-refractivity contribution in [3.63, 3.8) is 0 Å². The van der Waals surface area contributed by atoms with E-state index in [4.69, 9.17) is 5.10 Å². The van der Waals surface area contributed by atoms with Crippen LogP contribution in [-0.4, -0.2) is 38.0 Å². The zero-order chi connectivity index (χ0) is 21.2. The van der Waals surface area contributed by atoms with Crippen molar-refractivity contribution in [1.82, 2.24) is 24.9 Å². The highest BCUT2D eigenvalue weighted by atomic mass is 32.1. The molecule has 0 atom stereocenters. The van der Waals surface area contributed by atoms with Gasteiger partial charge < -0.3 is 0 Å². The molecular formula is C26H23N5S. The van der Waals surface area contributed by atoms with Crippen LogP contribution in [0.1, 0.15) is 22.4 Å². The van der Waals surface area contributed by atoms with Crippen molar-refractivity contribution in [3.8, 4) is 33.0 Å². The molecule has 5 nitrogen and oxygen atoms in total. The number of likely N-dealkylation sites (tertiary alicyclic amines) is 1. The quantitative estimate of drug-likeness (QED) is 0.398. The van der Waals surface area contributed by atoms with Gasteiger partial charge in [-0.3, -0.25) is 14.7 Å². The molecule has 1 fully saturated rings. The van der Waals surface area contributed by atoms with Crippen LogP contribution in [0.5, 0.6) is 0 Å². The number of H-pyrrole nitrogens is 1. The maximum absolute atomic E-state index is 4.71. The van der Waals surface area contributed by atoms with Crippen LogP contribution < -0.4 is 0 Å². The SMILES string of the molecule is Cn1ncc2ccc(-c3n[nH]c4c3Cc3sc(-c5ccc(CN6CCC6)cc5)cc3-4)cc21. The Labute approximate surface area is 190 Å². The van der Waals surface area contributed by atoms with E-state index < -0.39 is 0 Å². The van der Waals surface area contributed by atoms with Crippen LogP contribution in [0.3, 0.4) is 0 Å². The molecule has 1 saturated heterocycles. The largest absolute Gasteiger partial charge is 0.299 e. The third-order valence-corrected chi connectivity index (χ3v) is 8.08. The number of rotatable bonds is 4. The summed E-state index contributed by atoms with van der Waals surface area (Å²) in [4.78, 5) is 5.26. The fourth-order valence-corrected chi connectivity index (χ4v) is 6.12. The number of nitrogens with one attached hydrogen (secondary N) is 1. The van der Waals surface area contributed by atoms with Crippen LogP contribution in [-0.2, 0) is 20.0 Å². The van der Waals surface area contributed by atoms with Crippen LogP contribution in [0, 0.1) is 0 Å². The molecule has 1 aliphatic carbocycles. The highest BCUT2D eigenvalue weighted by Gasteiger charge is 2.28. The number of hydrogen-bond acceptors (Lipinski definition) is 4. The van der Waals surface area contributed by atoms with E-state index in [0.717, 1.165) is 35.1 Å². The van der Waals surface area contributed by atoms with Gasteiger partial charge in [0.1, 0.15) is 0 Å². The predicted molar refractivity (Wildman–Crippen MR) is 130 cm³/mol. The molecule has 6 heteroatoms. The monoisotopic (exact) mass is 437 g/mol. The van der Waals surface area contributed by atoms with E-state index in [-0.39, 0.29) is 0 Å². The van der Waals surface area contributed by atoms with Crippen molar-refractivity contribution >= 4 is 22.2 Å². The zero-order valence-corrected chi connectivity index (χ0v) is 18.7. The van der Waals surface area contributed by atoms with E-state index in [1.807, 2.05) is 29.3 Å². The zero-order valence-electron chi connectivity index (χ0n) is 17.9. The third-order valence-electron chi connectivity index (χ3n) is 6.90. The van der Waals surface area contributed by atoms with Crippen LogP contribution in [0.15, 0.2) is 54.7 Å². The lowest BCUT2D eigenvalue weighted by atomic mass is 10.0. The highest BCUT2D eigenvalue weighted by molar-refractivity contribution is 7.16. The Bertz CT molecular complexity index is 1470. The molecule has 2 aliphatic rings. The molecule has 1 N–H and O–H groups in total. The van der Waals surface area contributed by atoms with E-state index in [1.54, 1.807) is 0 Å². The molecule has 0 radical (unpaired) electrons. The molecule has 32 heavy (non-hydrogen) atoms. The number of nitrogens with zero attached hydrogens (tertiary/aromatic N) is 4. The van der Waals surface area contributed by atoms with Gasteiger partial charge in [0.05, 0.1) is 23.1 Å². The maximum atomic E-state index is 4.71. The van der Waals surface area contributed by atoms with Gasteiger partial charge in [-0.25, -0.2) is 0 Å². The minimum atomic E-state index is 0.942. The van der Waals surface area contributed by atoms with Crippen molar-refractivity contribution < 1.29 is 0 Å². The lowest BCUT2D eigenvalue weighted by Gasteiger charge is -2.30.